The molecule has 120 valence electrons. The van der Waals surface area contributed by atoms with Gasteiger partial charge in [-0.25, -0.2) is 4.98 Å². The van der Waals surface area contributed by atoms with Gasteiger partial charge in [0.05, 0.1) is 19.5 Å². The quantitative estimate of drug-likeness (QED) is 0.514. The monoisotopic (exact) mass is 312 g/mol. The number of hydrogen-bond acceptors (Lipinski definition) is 8. The molecule has 3 rings (SSSR count). The Hall–Kier alpha value is -2.01. The predicted octanol–water partition coefficient (Wildman–Crippen LogP) is -1.87. The molecule has 1 saturated heterocycles. The maximum absolute atomic E-state index is 11.9. The fraction of sp³-hybridized carbons (Fsp3) is 0.583. The van der Waals surface area contributed by atoms with Crippen LogP contribution < -0.4 is 10.3 Å². The number of aromatic amines is 1. The molecule has 0 aromatic carbocycles. The van der Waals surface area contributed by atoms with Gasteiger partial charge in [0.1, 0.15) is 23.7 Å². The number of aliphatic hydroxyl groups excluding tert-OH is 3. The van der Waals surface area contributed by atoms with Gasteiger partial charge in [-0.05, 0) is 6.92 Å². The summed E-state index contributed by atoms with van der Waals surface area (Å²) in [5.41, 5.74) is -0.309. The molecule has 0 spiro atoms. The Morgan fingerprint density at radius 2 is 2.23 bits per heavy atom. The van der Waals surface area contributed by atoms with Crippen molar-refractivity contribution in [2.24, 2.45) is 0 Å². The summed E-state index contributed by atoms with van der Waals surface area (Å²) in [7, 11) is 0. The Morgan fingerprint density at radius 3 is 2.86 bits per heavy atom. The van der Waals surface area contributed by atoms with Gasteiger partial charge in [0.15, 0.2) is 11.9 Å². The number of aromatic nitrogens is 4. The number of nitrogens with one attached hydrogen (secondary N) is 1. The molecule has 0 radical (unpaired) electrons. The van der Waals surface area contributed by atoms with Crippen molar-refractivity contribution in [1.82, 2.24) is 19.7 Å². The van der Waals surface area contributed by atoms with E-state index in [4.69, 9.17) is 14.6 Å². The highest BCUT2D eigenvalue weighted by atomic mass is 16.6. The molecule has 4 atom stereocenters. The van der Waals surface area contributed by atoms with Crippen molar-refractivity contribution in [3.8, 4) is 5.88 Å². The number of nitrogens with zero attached hydrogens (tertiary/aromatic N) is 3. The average molecular weight is 312 g/mol. The SMILES string of the molecule is CCOc1c2c(=O)[nH]cnc2nn1[C@@H]1O[C@H](CO)[C@@H](O)[C@H]1O. The van der Waals surface area contributed by atoms with Crippen molar-refractivity contribution in [3.63, 3.8) is 0 Å². The Balaban J connectivity index is 2.13. The summed E-state index contributed by atoms with van der Waals surface area (Å²) in [5, 5.41) is 33.3. The molecule has 0 saturated carbocycles. The molecule has 10 nitrogen and oxygen atoms in total. The summed E-state index contributed by atoms with van der Waals surface area (Å²) in [6, 6.07) is 0. The van der Waals surface area contributed by atoms with Crippen molar-refractivity contribution in [3.05, 3.63) is 16.7 Å². The normalized spacial score (nSPS) is 28.4. The largest absolute Gasteiger partial charge is 0.477 e. The topological polar surface area (TPSA) is 143 Å². The van der Waals surface area contributed by atoms with Crippen LogP contribution in [-0.2, 0) is 4.74 Å². The third-order valence-electron chi connectivity index (χ3n) is 3.50. The van der Waals surface area contributed by atoms with Crippen LogP contribution in [0.25, 0.3) is 11.0 Å². The summed E-state index contributed by atoms with van der Waals surface area (Å²) in [6.07, 6.45) is -3.45. The van der Waals surface area contributed by atoms with E-state index in [9.17, 15) is 15.0 Å². The van der Waals surface area contributed by atoms with Gasteiger partial charge >= 0.3 is 0 Å². The Bertz CT molecular complexity index is 728. The molecule has 2 aromatic rings. The van der Waals surface area contributed by atoms with Crippen LogP contribution in [0.2, 0.25) is 0 Å². The van der Waals surface area contributed by atoms with Crippen molar-refractivity contribution in [1.29, 1.82) is 0 Å². The lowest BCUT2D eigenvalue weighted by atomic mass is 10.1. The molecule has 10 heteroatoms. The first-order valence-electron chi connectivity index (χ1n) is 6.79. The third-order valence-corrected chi connectivity index (χ3v) is 3.50. The van der Waals surface area contributed by atoms with Gasteiger partial charge in [-0.2, -0.15) is 4.68 Å². The zero-order valence-corrected chi connectivity index (χ0v) is 11.7. The minimum absolute atomic E-state index is 0.0849. The molecule has 2 aromatic heterocycles. The third kappa shape index (κ3) is 2.16. The molecule has 4 N–H and O–H groups in total. The lowest BCUT2D eigenvalue weighted by Gasteiger charge is -2.17. The highest BCUT2D eigenvalue weighted by Crippen LogP contribution is 2.34. The first-order valence-corrected chi connectivity index (χ1v) is 6.79. The highest BCUT2D eigenvalue weighted by Gasteiger charge is 2.45. The van der Waals surface area contributed by atoms with E-state index >= 15 is 0 Å². The van der Waals surface area contributed by atoms with Crippen molar-refractivity contribution in [2.45, 2.75) is 31.5 Å². The average Bonchev–Trinajstić information content (AvgIpc) is 3.00. The molecular formula is C12H16N4O6. The molecule has 0 bridgehead atoms. The van der Waals surface area contributed by atoms with Gasteiger partial charge < -0.3 is 29.8 Å². The zero-order valence-electron chi connectivity index (χ0n) is 11.7. The highest BCUT2D eigenvalue weighted by molar-refractivity contribution is 5.79. The van der Waals surface area contributed by atoms with Gasteiger partial charge in [-0.15, -0.1) is 5.10 Å². The lowest BCUT2D eigenvalue weighted by Crippen LogP contribution is -2.33. The molecular weight excluding hydrogens is 296 g/mol. The number of ether oxygens (including phenoxy) is 2. The van der Waals surface area contributed by atoms with Crippen LogP contribution in [0.4, 0.5) is 0 Å². The fourth-order valence-corrected chi connectivity index (χ4v) is 2.45. The number of fused-ring (bicyclic) bond motifs is 1. The lowest BCUT2D eigenvalue weighted by molar-refractivity contribution is -0.0615. The molecule has 22 heavy (non-hydrogen) atoms. The Kier molecular flexibility index (Phi) is 3.83. The summed E-state index contributed by atoms with van der Waals surface area (Å²) < 4.78 is 12.0. The van der Waals surface area contributed by atoms with Crippen molar-refractivity contribution >= 4 is 11.0 Å². The summed E-state index contributed by atoms with van der Waals surface area (Å²) in [6.45, 7) is 1.52. The second-order valence-corrected chi connectivity index (χ2v) is 4.84. The standard InChI is InChI=1S/C12H16N4O6/c1-2-21-11-6-9(13-4-14-10(6)20)15-16(11)12-8(19)7(18)5(3-17)22-12/h4-5,7-8,12,17-19H,2-3H2,1H3,(H,13,14,15,20)/t5-,7-,8-,12-/m1/s1. The van der Waals surface area contributed by atoms with Gasteiger partial charge in [-0.1, -0.05) is 0 Å². The van der Waals surface area contributed by atoms with Gasteiger partial charge in [-0.3, -0.25) is 4.79 Å². The van der Waals surface area contributed by atoms with E-state index in [1.165, 1.54) is 11.0 Å². The first-order chi connectivity index (χ1) is 10.6. The predicted molar refractivity (Wildman–Crippen MR) is 72.3 cm³/mol. The maximum Gasteiger partial charge on any atom is 0.265 e. The number of hydrogen-bond donors (Lipinski definition) is 4. The molecule has 1 fully saturated rings. The van der Waals surface area contributed by atoms with Crippen LogP contribution in [-0.4, -0.2) is 66.6 Å². The molecule has 1 aliphatic heterocycles. The minimum atomic E-state index is -1.33. The fourth-order valence-electron chi connectivity index (χ4n) is 2.45. The number of aliphatic hydroxyl groups is 3. The van der Waals surface area contributed by atoms with Crippen LogP contribution in [0.5, 0.6) is 5.88 Å². The van der Waals surface area contributed by atoms with E-state index in [-0.39, 0.29) is 23.5 Å². The molecule has 0 amide bonds. The summed E-state index contributed by atoms with van der Waals surface area (Å²) in [4.78, 5) is 18.3. The number of rotatable bonds is 4. The molecule has 0 aliphatic carbocycles. The van der Waals surface area contributed by atoms with Crippen LogP contribution in [0.3, 0.4) is 0 Å². The molecule has 0 unspecified atom stereocenters. The van der Waals surface area contributed by atoms with Crippen LogP contribution in [0, 0.1) is 0 Å². The number of H-pyrrole nitrogens is 1. The second-order valence-electron chi connectivity index (χ2n) is 4.84. The van der Waals surface area contributed by atoms with E-state index in [2.05, 4.69) is 15.1 Å². The van der Waals surface area contributed by atoms with Gasteiger partial charge in [0.2, 0.25) is 5.88 Å². The minimum Gasteiger partial charge on any atom is -0.477 e. The van der Waals surface area contributed by atoms with E-state index in [0.29, 0.717) is 0 Å². The van der Waals surface area contributed by atoms with Crippen LogP contribution in [0.15, 0.2) is 11.1 Å². The van der Waals surface area contributed by atoms with E-state index < -0.39 is 36.7 Å². The first kappa shape index (κ1) is 14.9. The zero-order chi connectivity index (χ0) is 15.9. The Morgan fingerprint density at radius 1 is 1.45 bits per heavy atom. The van der Waals surface area contributed by atoms with Crippen LogP contribution in [0.1, 0.15) is 13.2 Å². The van der Waals surface area contributed by atoms with Crippen molar-refractivity contribution in [2.75, 3.05) is 13.2 Å². The van der Waals surface area contributed by atoms with Gasteiger partial charge in [0, 0.05) is 0 Å². The summed E-state index contributed by atoms with van der Waals surface area (Å²) >= 11 is 0. The smallest absolute Gasteiger partial charge is 0.265 e. The van der Waals surface area contributed by atoms with Crippen molar-refractivity contribution < 1.29 is 24.8 Å². The van der Waals surface area contributed by atoms with E-state index in [1.807, 2.05) is 0 Å². The molecule has 1 aliphatic rings. The van der Waals surface area contributed by atoms with Crippen LogP contribution >= 0.6 is 0 Å². The summed E-state index contributed by atoms with van der Waals surface area (Å²) in [5.74, 6) is 0.0849. The Labute approximate surface area is 123 Å². The van der Waals surface area contributed by atoms with E-state index in [1.54, 1.807) is 6.92 Å². The van der Waals surface area contributed by atoms with Gasteiger partial charge in [0.25, 0.3) is 5.56 Å². The van der Waals surface area contributed by atoms with E-state index in [0.717, 1.165) is 0 Å². The molecule has 3 heterocycles. The maximum atomic E-state index is 11.9. The second kappa shape index (κ2) is 5.65.